The lowest BCUT2D eigenvalue weighted by Crippen LogP contribution is -2.37. The second kappa shape index (κ2) is 6.50. The molecule has 1 aliphatic rings. The molecule has 96 valence electrons. The largest absolute Gasteiger partial charge is 0.357 e. The first kappa shape index (κ1) is 13.8. The van der Waals surface area contributed by atoms with Gasteiger partial charge >= 0.3 is 0 Å². The molecular weight excluding hydrogens is 238 g/mol. The van der Waals surface area contributed by atoms with Crippen LogP contribution >= 0.6 is 0 Å². The molecule has 1 aliphatic heterocycles. The minimum Gasteiger partial charge on any atom is -0.357 e. The highest BCUT2D eigenvalue weighted by atomic mass is 32.2. The summed E-state index contributed by atoms with van der Waals surface area (Å²) in [5, 5.41) is 6.02. The van der Waals surface area contributed by atoms with E-state index < -0.39 is 9.84 Å². The van der Waals surface area contributed by atoms with Crippen LogP contribution < -0.4 is 10.6 Å². The van der Waals surface area contributed by atoms with E-state index in [4.69, 9.17) is 6.42 Å². The van der Waals surface area contributed by atoms with Gasteiger partial charge in [0.05, 0.1) is 18.1 Å². The Balaban J connectivity index is 2.46. The molecule has 1 fully saturated rings. The van der Waals surface area contributed by atoms with Crippen LogP contribution in [0.4, 0.5) is 0 Å². The first-order chi connectivity index (χ1) is 8.07. The van der Waals surface area contributed by atoms with Crippen molar-refractivity contribution in [1.29, 1.82) is 0 Å². The van der Waals surface area contributed by atoms with Crippen LogP contribution in [-0.2, 0) is 9.84 Å². The predicted molar refractivity (Wildman–Crippen MR) is 69.6 cm³/mol. The predicted octanol–water partition coefficient (Wildman–Crippen LogP) is -0.391. The summed E-state index contributed by atoms with van der Waals surface area (Å²) in [7, 11) is -2.82. The van der Waals surface area contributed by atoms with Crippen molar-refractivity contribution in [3.8, 4) is 12.3 Å². The van der Waals surface area contributed by atoms with Gasteiger partial charge in [0.15, 0.2) is 15.8 Å². The smallest absolute Gasteiger partial charge is 0.192 e. The Kier molecular flexibility index (Phi) is 5.29. The third-order valence-corrected chi connectivity index (χ3v) is 4.37. The van der Waals surface area contributed by atoms with Crippen molar-refractivity contribution >= 4 is 15.8 Å². The molecule has 0 aromatic rings. The van der Waals surface area contributed by atoms with Gasteiger partial charge in [-0.3, -0.25) is 4.99 Å². The molecule has 1 rings (SSSR count). The minimum atomic E-state index is -2.82. The van der Waals surface area contributed by atoms with Crippen molar-refractivity contribution in [2.45, 2.75) is 13.3 Å². The number of terminal acetylenes is 1. The number of aliphatic imine (C=N–C) groups is 1. The van der Waals surface area contributed by atoms with Gasteiger partial charge in [0, 0.05) is 13.1 Å². The van der Waals surface area contributed by atoms with E-state index in [9.17, 15) is 8.42 Å². The standard InChI is InChI=1S/C11H19N3O2S/c1-3-6-13-11(12-4-2)14-8-10-5-7-17(15,16)9-10/h1,10H,4-9H2,2H3,(H2,12,13,14). The van der Waals surface area contributed by atoms with Gasteiger partial charge in [-0.2, -0.15) is 0 Å². The van der Waals surface area contributed by atoms with Crippen LogP contribution in [-0.4, -0.2) is 45.5 Å². The molecule has 0 amide bonds. The number of sulfone groups is 1. The Morgan fingerprint density at radius 1 is 1.53 bits per heavy atom. The molecule has 0 aromatic heterocycles. The van der Waals surface area contributed by atoms with E-state index in [2.05, 4.69) is 21.5 Å². The first-order valence-corrected chi connectivity index (χ1v) is 7.55. The van der Waals surface area contributed by atoms with E-state index in [1.54, 1.807) is 0 Å². The highest BCUT2D eigenvalue weighted by molar-refractivity contribution is 7.91. The summed E-state index contributed by atoms with van der Waals surface area (Å²) >= 11 is 0. The maximum absolute atomic E-state index is 11.3. The van der Waals surface area contributed by atoms with Gasteiger partial charge in [-0.05, 0) is 19.3 Å². The molecule has 1 unspecified atom stereocenters. The molecule has 2 N–H and O–H groups in total. The lowest BCUT2D eigenvalue weighted by atomic mass is 10.1. The van der Waals surface area contributed by atoms with E-state index in [0.29, 0.717) is 31.2 Å². The number of hydrogen-bond donors (Lipinski definition) is 2. The van der Waals surface area contributed by atoms with Crippen LogP contribution in [0.25, 0.3) is 0 Å². The Bertz CT molecular complexity index is 409. The number of guanidine groups is 1. The van der Waals surface area contributed by atoms with Gasteiger partial charge in [0.1, 0.15) is 0 Å². The topological polar surface area (TPSA) is 70.6 Å². The number of rotatable bonds is 4. The molecule has 0 saturated carbocycles. The summed E-state index contributed by atoms with van der Waals surface area (Å²) in [6.45, 7) is 3.65. The summed E-state index contributed by atoms with van der Waals surface area (Å²) in [5.41, 5.74) is 0. The maximum Gasteiger partial charge on any atom is 0.192 e. The average molecular weight is 257 g/mol. The van der Waals surface area contributed by atoms with Gasteiger partial charge < -0.3 is 10.6 Å². The van der Waals surface area contributed by atoms with E-state index >= 15 is 0 Å². The SMILES string of the molecule is C#CCNC(=NCC1CCS(=O)(=O)C1)NCC. The van der Waals surface area contributed by atoms with Gasteiger partial charge in [-0.15, -0.1) is 6.42 Å². The number of hydrogen-bond acceptors (Lipinski definition) is 3. The molecule has 17 heavy (non-hydrogen) atoms. The zero-order valence-electron chi connectivity index (χ0n) is 10.1. The van der Waals surface area contributed by atoms with Crippen molar-refractivity contribution < 1.29 is 8.42 Å². The Labute approximate surface area is 103 Å². The highest BCUT2D eigenvalue weighted by Gasteiger charge is 2.27. The Hall–Kier alpha value is -1.22. The minimum absolute atomic E-state index is 0.140. The van der Waals surface area contributed by atoms with Crippen LogP contribution in [0, 0.1) is 18.3 Å². The van der Waals surface area contributed by atoms with Crippen molar-refractivity contribution in [2.75, 3.05) is 31.1 Å². The summed E-state index contributed by atoms with van der Waals surface area (Å²) in [5.74, 6) is 3.81. The molecule has 0 radical (unpaired) electrons. The molecule has 0 aliphatic carbocycles. The summed E-state index contributed by atoms with van der Waals surface area (Å²) in [6.07, 6.45) is 5.86. The second-order valence-corrected chi connectivity index (χ2v) is 6.28. The Morgan fingerprint density at radius 3 is 2.82 bits per heavy atom. The van der Waals surface area contributed by atoms with E-state index in [0.717, 1.165) is 6.54 Å². The highest BCUT2D eigenvalue weighted by Crippen LogP contribution is 2.18. The zero-order chi connectivity index (χ0) is 12.7. The zero-order valence-corrected chi connectivity index (χ0v) is 10.9. The number of nitrogens with one attached hydrogen (secondary N) is 2. The van der Waals surface area contributed by atoms with Crippen molar-refractivity contribution in [1.82, 2.24) is 10.6 Å². The quantitative estimate of drug-likeness (QED) is 0.409. The lowest BCUT2D eigenvalue weighted by Gasteiger charge is -2.10. The van der Waals surface area contributed by atoms with Gasteiger partial charge in [-0.1, -0.05) is 5.92 Å². The van der Waals surface area contributed by atoms with E-state index in [-0.39, 0.29) is 11.7 Å². The van der Waals surface area contributed by atoms with Crippen LogP contribution in [0.2, 0.25) is 0 Å². The fourth-order valence-electron chi connectivity index (χ4n) is 1.71. The van der Waals surface area contributed by atoms with Gasteiger partial charge in [-0.25, -0.2) is 8.42 Å². The normalized spacial score (nSPS) is 23.1. The van der Waals surface area contributed by atoms with E-state index in [1.165, 1.54) is 0 Å². The van der Waals surface area contributed by atoms with Crippen LogP contribution in [0.1, 0.15) is 13.3 Å². The van der Waals surface area contributed by atoms with Crippen LogP contribution in [0.5, 0.6) is 0 Å². The third-order valence-electron chi connectivity index (χ3n) is 2.54. The number of nitrogens with zero attached hydrogens (tertiary/aromatic N) is 1. The molecule has 5 nitrogen and oxygen atoms in total. The molecule has 0 spiro atoms. The second-order valence-electron chi connectivity index (χ2n) is 4.05. The van der Waals surface area contributed by atoms with Crippen molar-refractivity contribution in [2.24, 2.45) is 10.9 Å². The van der Waals surface area contributed by atoms with Crippen LogP contribution in [0.15, 0.2) is 4.99 Å². The molecule has 0 bridgehead atoms. The van der Waals surface area contributed by atoms with Crippen LogP contribution in [0.3, 0.4) is 0 Å². The van der Waals surface area contributed by atoms with Crippen molar-refractivity contribution in [3.63, 3.8) is 0 Å². The van der Waals surface area contributed by atoms with E-state index in [1.807, 2.05) is 6.92 Å². The fourth-order valence-corrected chi connectivity index (χ4v) is 3.56. The molecule has 1 atom stereocenters. The third kappa shape index (κ3) is 5.09. The maximum atomic E-state index is 11.3. The monoisotopic (exact) mass is 257 g/mol. The summed E-state index contributed by atoms with van der Waals surface area (Å²) < 4.78 is 22.6. The summed E-state index contributed by atoms with van der Waals surface area (Å²) in [4.78, 5) is 4.33. The molecule has 1 saturated heterocycles. The average Bonchev–Trinajstić information content (AvgIpc) is 2.62. The molecule has 1 heterocycles. The molecule has 0 aromatic carbocycles. The molecule has 6 heteroatoms. The van der Waals surface area contributed by atoms with Crippen molar-refractivity contribution in [3.05, 3.63) is 0 Å². The summed E-state index contributed by atoms with van der Waals surface area (Å²) in [6, 6.07) is 0. The van der Waals surface area contributed by atoms with Gasteiger partial charge in [0.25, 0.3) is 0 Å². The molecular formula is C11H19N3O2S. The Morgan fingerprint density at radius 2 is 2.29 bits per heavy atom. The first-order valence-electron chi connectivity index (χ1n) is 5.73. The van der Waals surface area contributed by atoms with Gasteiger partial charge in [0.2, 0.25) is 0 Å². The lowest BCUT2D eigenvalue weighted by molar-refractivity contribution is 0.590. The fraction of sp³-hybridized carbons (Fsp3) is 0.727.